The molecule has 0 radical (unpaired) electrons. The smallest absolute Gasteiger partial charge is 0.250 e. The van der Waals surface area contributed by atoms with Crippen LogP contribution in [-0.2, 0) is 19.1 Å². The second-order valence-corrected chi connectivity index (χ2v) is 8.88. The summed E-state index contributed by atoms with van der Waals surface area (Å²) in [6.45, 7) is -0.315. The lowest BCUT2D eigenvalue weighted by molar-refractivity contribution is -0.140. The van der Waals surface area contributed by atoms with Gasteiger partial charge in [0, 0.05) is 17.9 Å². The van der Waals surface area contributed by atoms with Gasteiger partial charge in [-0.15, -0.1) is 0 Å². The van der Waals surface area contributed by atoms with Gasteiger partial charge in [0.05, 0.1) is 31.7 Å². The standard InChI is InChI=1S/C25H27N3O6/c1-33-17-9-7-16(8-10-17)27-23(31)21-25-12-11-18(34-25)19(20(25)24(32)28(21)13-14-29)22(30)26-15-5-3-2-4-6-15/h2-10,18-21,29H,11-14H2,1H3,(H,26,30)(H,27,31)/t18-,19+,20+,21?,25?/m1/s1. The van der Waals surface area contributed by atoms with Crippen molar-refractivity contribution >= 4 is 29.1 Å². The molecule has 2 unspecified atom stereocenters. The Balaban J connectivity index is 1.43. The summed E-state index contributed by atoms with van der Waals surface area (Å²) in [5.74, 6) is -1.87. The topological polar surface area (TPSA) is 117 Å². The molecule has 178 valence electrons. The lowest BCUT2D eigenvalue weighted by Gasteiger charge is -2.33. The number of para-hydroxylation sites is 1. The Morgan fingerprint density at radius 1 is 1.09 bits per heavy atom. The zero-order valence-corrected chi connectivity index (χ0v) is 18.8. The highest BCUT2D eigenvalue weighted by Gasteiger charge is 2.74. The van der Waals surface area contributed by atoms with Crippen LogP contribution in [0.25, 0.3) is 0 Å². The molecule has 3 amide bonds. The van der Waals surface area contributed by atoms with Crippen LogP contribution in [0.3, 0.4) is 0 Å². The predicted octanol–water partition coefficient (Wildman–Crippen LogP) is 1.64. The van der Waals surface area contributed by atoms with Crippen LogP contribution >= 0.6 is 0 Å². The van der Waals surface area contributed by atoms with Gasteiger partial charge in [-0.1, -0.05) is 18.2 Å². The summed E-state index contributed by atoms with van der Waals surface area (Å²) in [6, 6.07) is 15.0. The van der Waals surface area contributed by atoms with Crippen LogP contribution in [0.2, 0.25) is 0 Å². The van der Waals surface area contributed by atoms with Gasteiger partial charge in [0.1, 0.15) is 17.4 Å². The fourth-order valence-corrected chi connectivity index (χ4v) is 5.73. The number of β-amino-alcohol motifs (C(OH)–C–C–N with tert-alkyl or cyclic N) is 1. The van der Waals surface area contributed by atoms with E-state index in [9.17, 15) is 19.5 Å². The Morgan fingerprint density at radius 2 is 1.76 bits per heavy atom. The normalized spacial score (nSPS) is 29.1. The number of aliphatic hydroxyl groups is 1. The maximum absolute atomic E-state index is 13.5. The van der Waals surface area contributed by atoms with E-state index in [-0.39, 0.29) is 25.0 Å². The Morgan fingerprint density at radius 3 is 2.44 bits per heavy atom. The van der Waals surface area contributed by atoms with Crippen molar-refractivity contribution in [2.75, 3.05) is 30.9 Å². The van der Waals surface area contributed by atoms with E-state index in [1.165, 1.54) is 4.90 Å². The maximum Gasteiger partial charge on any atom is 0.250 e. The van der Waals surface area contributed by atoms with Crippen molar-refractivity contribution in [1.82, 2.24) is 4.90 Å². The van der Waals surface area contributed by atoms with Crippen molar-refractivity contribution in [2.45, 2.75) is 30.6 Å². The van der Waals surface area contributed by atoms with Crippen LogP contribution in [0.4, 0.5) is 11.4 Å². The molecular weight excluding hydrogens is 438 g/mol. The zero-order valence-electron chi connectivity index (χ0n) is 18.8. The molecule has 3 N–H and O–H groups in total. The first-order chi connectivity index (χ1) is 16.5. The second kappa shape index (κ2) is 8.73. The van der Waals surface area contributed by atoms with Crippen molar-refractivity contribution in [3.05, 3.63) is 54.6 Å². The van der Waals surface area contributed by atoms with Gasteiger partial charge in [0.25, 0.3) is 0 Å². The number of nitrogens with one attached hydrogen (secondary N) is 2. The Labute approximate surface area is 197 Å². The summed E-state index contributed by atoms with van der Waals surface area (Å²) in [7, 11) is 1.56. The van der Waals surface area contributed by atoms with Gasteiger partial charge < -0.3 is 30.1 Å². The third-order valence-corrected chi connectivity index (χ3v) is 7.09. The number of amides is 3. The van der Waals surface area contributed by atoms with E-state index in [1.807, 2.05) is 18.2 Å². The van der Waals surface area contributed by atoms with Crippen LogP contribution in [0.5, 0.6) is 5.75 Å². The van der Waals surface area contributed by atoms with Crippen molar-refractivity contribution < 1.29 is 29.0 Å². The molecule has 3 heterocycles. The van der Waals surface area contributed by atoms with Gasteiger partial charge in [-0.05, 0) is 49.2 Å². The molecule has 2 aromatic carbocycles. The molecule has 5 atom stereocenters. The summed E-state index contributed by atoms with van der Waals surface area (Å²) in [6.07, 6.45) is 0.632. The van der Waals surface area contributed by atoms with Crippen LogP contribution in [0, 0.1) is 11.8 Å². The van der Waals surface area contributed by atoms with Crippen molar-refractivity contribution in [3.8, 4) is 5.75 Å². The number of benzene rings is 2. The Bertz CT molecular complexity index is 1090. The average molecular weight is 466 g/mol. The first-order valence-electron chi connectivity index (χ1n) is 11.4. The number of likely N-dealkylation sites (tertiary alicyclic amines) is 1. The highest BCUT2D eigenvalue weighted by atomic mass is 16.5. The predicted molar refractivity (Wildman–Crippen MR) is 123 cm³/mol. The Kier molecular flexibility index (Phi) is 5.75. The minimum Gasteiger partial charge on any atom is -0.497 e. The molecule has 1 spiro atoms. The third kappa shape index (κ3) is 3.52. The van der Waals surface area contributed by atoms with E-state index in [0.717, 1.165) is 0 Å². The van der Waals surface area contributed by atoms with Crippen LogP contribution < -0.4 is 15.4 Å². The van der Waals surface area contributed by atoms with Crippen LogP contribution in [0.1, 0.15) is 12.8 Å². The van der Waals surface area contributed by atoms with Gasteiger partial charge in [-0.2, -0.15) is 0 Å². The number of fused-ring (bicyclic) bond motifs is 1. The number of carbonyl (C=O) groups excluding carboxylic acids is 3. The van der Waals surface area contributed by atoms with Gasteiger partial charge >= 0.3 is 0 Å². The van der Waals surface area contributed by atoms with Gasteiger partial charge in [0.15, 0.2) is 0 Å². The number of nitrogens with zero attached hydrogens (tertiary/aromatic N) is 1. The van der Waals surface area contributed by atoms with Gasteiger partial charge in [0.2, 0.25) is 17.7 Å². The lowest BCUT2D eigenvalue weighted by atomic mass is 9.70. The summed E-state index contributed by atoms with van der Waals surface area (Å²) in [5.41, 5.74) is 0.0790. The molecule has 3 fully saturated rings. The summed E-state index contributed by atoms with van der Waals surface area (Å²) in [5, 5.41) is 15.4. The number of hydrogen-bond donors (Lipinski definition) is 3. The van der Waals surface area contributed by atoms with Gasteiger partial charge in [-0.3, -0.25) is 14.4 Å². The van der Waals surface area contributed by atoms with E-state index >= 15 is 0 Å². The molecular formula is C25H27N3O6. The number of carbonyl (C=O) groups is 3. The fourth-order valence-electron chi connectivity index (χ4n) is 5.73. The van der Waals surface area contributed by atoms with E-state index in [2.05, 4.69) is 10.6 Å². The van der Waals surface area contributed by atoms with E-state index in [0.29, 0.717) is 30.0 Å². The van der Waals surface area contributed by atoms with E-state index < -0.39 is 35.5 Å². The third-order valence-electron chi connectivity index (χ3n) is 7.09. The monoisotopic (exact) mass is 465 g/mol. The molecule has 2 bridgehead atoms. The van der Waals surface area contributed by atoms with Gasteiger partial charge in [-0.25, -0.2) is 0 Å². The molecule has 0 saturated carbocycles. The second-order valence-electron chi connectivity index (χ2n) is 8.88. The molecule has 3 aliphatic heterocycles. The number of methoxy groups -OCH3 is 1. The van der Waals surface area contributed by atoms with Crippen molar-refractivity contribution in [3.63, 3.8) is 0 Å². The molecule has 9 heteroatoms. The molecule has 9 nitrogen and oxygen atoms in total. The zero-order chi connectivity index (χ0) is 23.9. The largest absolute Gasteiger partial charge is 0.497 e. The minimum atomic E-state index is -1.10. The first kappa shape index (κ1) is 22.4. The van der Waals surface area contributed by atoms with E-state index in [1.54, 1.807) is 43.5 Å². The molecule has 0 aromatic heterocycles. The summed E-state index contributed by atoms with van der Waals surface area (Å²) in [4.78, 5) is 41.7. The molecule has 3 saturated heterocycles. The Hall–Kier alpha value is -3.43. The van der Waals surface area contributed by atoms with Crippen molar-refractivity contribution in [2.24, 2.45) is 11.8 Å². The molecule has 0 aliphatic carbocycles. The SMILES string of the molecule is COc1ccc(NC(=O)C2N(CCO)C(=O)[C@@H]3[C@@H](C(=O)Nc4ccccc4)[C@H]4CCC23O4)cc1. The highest BCUT2D eigenvalue weighted by molar-refractivity contribution is 6.05. The lowest BCUT2D eigenvalue weighted by Crippen LogP contribution is -2.53. The molecule has 2 aromatic rings. The number of aliphatic hydroxyl groups excluding tert-OH is 1. The number of ether oxygens (including phenoxy) is 2. The number of rotatable bonds is 7. The van der Waals surface area contributed by atoms with E-state index in [4.69, 9.17) is 9.47 Å². The average Bonchev–Trinajstić information content (AvgIpc) is 3.48. The highest BCUT2D eigenvalue weighted by Crippen LogP contribution is 2.58. The quantitative estimate of drug-likeness (QED) is 0.572. The molecule has 5 rings (SSSR count). The molecule has 34 heavy (non-hydrogen) atoms. The summed E-state index contributed by atoms with van der Waals surface area (Å²) >= 11 is 0. The van der Waals surface area contributed by atoms with Crippen LogP contribution in [0.15, 0.2) is 54.6 Å². The number of hydrogen-bond acceptors (Lipinski definition) is 6. The first-order valence-corrected chi connectivity index (χ1v) is 11.4. The minimum absolute atomic E-state index is 0.0150. The summed E-state index contributed by atoms with van der Waals surface area (Å²) < 4.78 is 11.5. The number of anilines is 2. The fraction of sp³-hybridized carbons (Fsp3) is 0.400. The maximum atomic E-state index is 13.5. The van der Waals surface area contributed by atoms with Crippen LogP contribution in [-0.4, -0.2) is 65.7 Å². The van der Waals surface area contributed by atoms with Crippen molar-refractivity contribution in [1.29, 1.82) is 0 Å². The molecule has 3 aliphatic rings.